The zero-order chi connectivity index (χ0) is 18.9. The predicted molar refractivity (Wildman–Crippen MR) is 106 cm³/mol. The van der Waals surface area contributed by atoms with Crippen molar-refractivity contribution in [1.29, 1.82) is 0 Å². The second-order valence-corrected chi connectivity index (χ2v) is 6.83. The first kappa shape index (κ1) is 19.1. The van der Waals surface area contributed by atoms with Gasteiger partial charge in [-0.3, -0.25) is 14.8 Å². The molecule has 3 rings (SSSR count). The van der Waals surface area contributed by atoms with Crippen LogP contribution < -0.4 is 0 Å². The molecule has 27 heavy (non-hydrogen) atoms. The van der Waals surface area contributed by atoms with Gasteiger partial charge in [-0.25, -0.2) is 0 Å². The Kier molecular flexibility index (Phi) is 6.97. The standard InChI is InChI=1S/C22H27N3O2/c1-2-3-4-5-6-7-14-25(17-19-9-8-15-27-19)22(26)18-10-11-20-21(16-18)24-13-12-23-20/h8-13,15-16H,2-7,14,17H2,1H3. The number of amides is 1. The summed E-state index contributed by atoms with van der Waals surface area (Å²) in [5, 5.41) is 0. The van der Waals surface area contributed by atoms with E-state index in [0.717, 1.165) is 36.2 Å². The van der Waals surface area contributed by atoms with E-state index < -0.39 is 0 Å². The Hall–Kier alpha value is -2.69. The molecule has 0 fully saturated rings. The first-order chi connectivity index (χ1) is 13.3. The highest BCUT2D eigenvalue weighted by molar-refractivity contribution is 5.97. The molecule has 0 N–H and O–H groups in total. The average molecular weight is 365 g/mol. The van der Waals surface area contributed by atoms with E-state index in [1.165, 1.54) is 25.7 Å². The maximum Gasteiger partial charge on any atom is 0.254 e. The first-order valence-corrected chi connectivity index (χ1v) is 9.80. The molecule has 142 valence electrons. The second kappa shape index (κ2) is 9.86. The molecular weight excluding hydrogens is 338 g/mol. The predicted octanol–water partition coefficient (Wildman–Crippen LogP) is 5.23. The number of rotatable bonds is 10. The van der Waals surface area contributed by atoms with Crippen LogP contribution in [0.3, 0.4) is 0 Å². The molecule has 1 aromatic carbocycles. The van der Waals surface area contributed by atoms with Crippen molar-refractivity contribution in [2.75, 3.05) is 6.54 Å². The van der Waals surface area contributed by atoms with Crippen LogP contribution in [-0.2, 0) is 6.54 Å². The van der Waals surface area contributed by atoms with Crippen LogP contribution in [0.4, 0.5) is 0 Å². The molecule has 2 heterocycles. The second-order valence-electron chi connectivity index (χ2n) is 6.83. The molecule has 0 aliphatic heterocycles. The van der Waals surface area contributed by atoms with Crippen LogP contribution in [-0.4, -0.2) is 27.3 Å². The molecule has 0 aliphatic rings. The molecule has 5 heteroatoms. The summed E-state index contributed by atoms with van der Waals surface area (Å²) in [6, 6.07) is 9.27. The van der Waals surface area contributed by atoms with Gasteiger partial charge in [0.25, 0.3) is 5.91 Å². The molecule has 0 radical (unpaired) electrons. The van der Waals surface area contributed by atoms with Crippen LogP contribution >= 0.6 is 0 Å². The summed E-state index contributed by atoms with van der Waals surface area (Å²) in [7, 11) is 0. The molecule has 0 bridgehead atoms. The van der Waals surface area contributed by atoms with Crippen molar-refractivity contribution in [3.8, 4) is 0 Å². The molecule has 2 aromatic heterocycles. The quantitative estimate of drug-likeness (QED) is 0.462. The number of benzene rings is 1. The van der Waals surface area contributed by atoms with E-state index in [0.29, 0.717) is 12.1 Å². The minimum atomic E-state index is 0.00695. The fraction of sp³-hybridized carbons (Fsp3) is 0.409. The van der Waals surface area contributed by atoms with Crippen LogP contribution in [0.5, 0.6) is 0 Å². The number of carbonyl (C=O) groups excluding carboxylic acids is 1. The van der Waals surface area contributed by atoms with Gasteiger partial charge in [-0.2, -0.15) is 0 Å². The minimum absolute atomic E-state index is 0.00695. The van der Waals surface area contributed by atoms with Crippen molar-refractivity contribution in [2.45, 2.75) is 52.0 Å². The molecule has 1 amide bonds. The van der Waals surface area contributed by atoms with Gasteiger partial charge in [0, 0.05) is 24.5 Å². The topological polar surface area (TPSA) is 59.2 Å². The summed E-state index contributed by atoms with van der Waals surface area (Å²) in [6.45, 7) is 3.43. The van der Waals surface area contributed by atoms with Crippen molar-refractivity contribution in [3.63, 3.8) is 0 Å². The number of hydrogen-bond acceptors (Lipinski definition) is 4. The largest absolute Gasteiger partial charge is 0.467 e. The average Bonchev–Trinajstić information content (AvgIpc) is 3.22. The summed E-state index contributed by atoms with van der Waals surface area (Å²) in [5.74, 6) is 0.808. The van der Waals surface area contributed by atoms with Gasteiger partial charge in [-0.1, -0.05) is 39.0 Å². The summed E-state index contributed by atoms with van der Waals surface area (Å²) in [4.78, 5) is 23.6. The molecule has 5 nitrogen and oxygen atoms in total. The third kappa shape index (κ3) is 5.39. The Morgan fingerprint density at radius 3 is 2.56 bits per heavy atom. The van der Waals surface area contributed by atoms with Crippen molar-refractivity contribution in [3.05, 3.63) is 60.3 Å². The zero-order valence-electron chi connectivity index (χ0n) is 15.9. The molecule has 3 aromatic rings. The molecule has 0 aliphatic carbocycles. The number of nitrogens with zero attached hydrogens (tertiary/aromatic N) is 3. The Labute approximate surface area is 160 Å². The normalized spacial score (nSPS) is 11.0. The Morgan fingerprint density at radius 2 is 1.78 bits per heavy atom. The van der Waals surface area contributed by atoms with Crippen LogP contribution in [0, 0.1) is 0 Å². The Morgan fingerprint density at radius 1 is 1.00 bits per heavy atom. The summed E-state index contributed by atoms with van der Waals surface area (Å²) >= 11 is 0. The Bertz CT molecular complexity index is 846. The zero-order valence-corrected chi connectivity index (χ0v) is 15.9. The van der Waals surface area contributed by atoms with E-state index in [9.17, 15) is 4.79 Å². The molecule has 0 unspecified atom stereocenters. The highest BCUT2D eigenvalue weighted by Crippen LogP contribution is 2.16. The molecule has 0 saturated carbocycles. The van der Waals surface area contributed by atoms with E-state index in [1.54, 1.807) is 18.7 Å². The van der Waals surface area contributed by atoms with Crippen LogP contribution in [0.15, 0.2) is 53.4 Å². The fourth-order valence-corrected chi connectivity index (χ4v) is 3.20. The van der Waals surface area contributed by atoms with Gasteiger partial charge in [0.2, 0.25) is 0 Å². The molecule has 0 spiro atoms. The first-order valence-electron chi connectivity index (χ1n) is 9.80. The summed E-state index contributed by atoms with van der Waals surface area (Å²) in [5.41, 5.74) is 2.17. The van der Waals surface area contributed by atoms with Crippen molar-refractivity contribution in [2.24, 2.45) is 0 Å². The van der Waals surface area contributed by atoms with E-state index in [1.807, 2.05) is 35.2 Å². The van der Waals surface area contributed by atoms with E-state index in [4.69, 9.17) is 4.42 Å². The summed E-state index contributed by atoms with van der Waals surface area (Å²) in [6.07, 6.45) is 12.1. The van der Waals surface area contributed by atoms with E-state index >= 15 is 0 Å². The lowest BCUT2D eigenvalue weighted by Gasteiger charge is -2.22. The maximum absolute atomic E-state index is 13.1. The maximum atomic E-state index is 13.1. The van der Waals surface area contributed by atoms with Crippen molar-refractivity contribution >= 4 is 16.9 Å². The van der Waals surface area contributed by atoms with Crippen molar-refractivity contribution < 1.29 is 9.21 Å². The fourth-order valence-electron chi connectivity index (χ4n) is 3.20. The Balaban J connectivity index is 1.68. The van der Waals surface area contributed by atoms with Gasteiger partial charge in [0.05, 0.1) is 23.8 Å². The van der Waals surface area contributed by atoms with Gasteiger partial charge >= 0.3 is 0 Å². The number of unbranched alkanes of at least 4 members (excludes halogenated alkanes) is 5. The lowest BCUT2D eigenvalue weighted by Crippen LogP contribution is -2.31. The van der Waals surface area contributed by atoms with Gasteiger partial charge < -0.3 is 9.32 Å². The highest BCUT2D eigenvalue weighted by atomic mass is 16.3. The smallest absolute Gasteiger partial charge is 0.254 e. The van der Waals surface area contributed by atoms with Gasteiger partial charge in [-0.15, -0.1) is 0 Å². The molecule has 0 atom stereocenters. The van der Waals surface area contributed by atoms with Gasteiger partial charge in [0.15, 0.2) is 0 Å². The lowest BCUT2D eigenvalue weighted by atomic mass is 10.1. The number of hydrogen-bond donors (Lipinski definition) is 0. The third-order valence-electron chi connectivity index (χ3n) is 4.71. The van der Waals surface area contributed by atoms with Crippen LogP contribution in [0.2, 0.25) is 0 Å². The lowest BCUT2D eigenvalue weighted by molar-refractivity contribution is 0.0728. The number of fused-ring (bicyclic) bond motifs is 1. The number of carbonyl (C=O) groups is 1. The van der Waals surface area contributed by atoms with Gasteiger partial charge in [-0.05, 0) is 36.8 Å². The van der Waals surface area contributed by atoms with Gasteiger partial charge in [0.1, 0.15) is 5.76 Å². The van der Waals surface area contributed by atoms with E-state index in [-0.39, 0.29) is 5.91 Å². The number of aromatic nitrogens is 2. The van der Waals surface area contributed by atoms with Crippen molar-refractivity contribution in [1.82, 2.24) is 14.9 Å². The molecular formula is C22H27N3O2. The number of furan rings is 1. The monoisotopic (exact) mass is 365 g/mol. The third-order valence-corrected chi connectivity index (χ3v) is 4.71. The highest BCUT2D eigenvalue weighted by Gasteiger charge is 2.17. The van der Waals surface area contributed by atoms with E-state index in [2.05, 4.69) is 16.9 Å². The SMILES string of the molecule is CCCCCCCCN(Cc1ccco1)C(=O)c1ccc2nccnc2c1. The summed E-state index contributed by atoms with van der Waals surface area (Å²) < 4.78 is 5.46. The van der Waals surface area contributed by atoms with Crippen LogP contribution in [0.1, 0.15) is 61.6 Å². The van der Waals surface area contributed by atoms with Crippen LogP contribution in [0.25, 0.3) is 11.0 Å². The molecule has 0 saturated heterocycles. The minimum Gasteiger partial charge on any atom is -0.467 e.